The van der Waals surface area contributed by atoms with Crippen LogP contribution in [0.3, 0.4) is 0 Å². The van der Waals surface area contributed by atoms with E-state index in [1.54, 1.807) is 0 Å². The van der Waals surface area contributed by atoms with Crippen molar-refractivity contribution in [3.05, 3.63) is 29.8 Å². The van der Waals surface area contributed by atoms with E-state index in [1.807, 2.05) is 0 Å². The van der Waals surface area contributed by atoms with Gasteiger partial charge in [0.05, 0.1) is 17.7 Å². The lowest BCUT2D eigenvalue weighted by Gasteiger charge is -2.22. The van der Waals surface area contributed by atoms with Crippen molar-refractivity contribution >= 4 is 22.0 Å². The molecule has 0 N–H and O–H groups in total. The first-order valence-corrected chi connectivity index (χ1v) is 9.25. The van der Waals surface area contributed by atoms with Crippen molar-refractivity contribution in [3.63, 3.8) is 0 Å². The number of benzene rings is 1. The minimum Gasteiger partial charge on any atom is -0.435 e. The summed E-state index contributed by atoms with van der Waals surface area (Å²) in [6, 6.07) is 5.37. The molecule has 0 bridgehead atoms. The Morgan fingerprint density at radius 3 is 2.64 bits per heavy atom. The molecule has 1 aliphatic heterocycles. The molecule has 0 radical (unpaired) electrons. The summed E-state index contributed by atoms with van der Waals surface area (Å²) in [6.45, 7) is -3.21. The van der Waals surface area contributed by atoms with Crippen LogP contribution in [0.15, 0.2) is 29.4 Å². The van der Waals surface area contributed by atoms with Gasteiger partial charge >= 0.3 is 6.61 Å². The van der Waals surface area contributed by atoms with Crippen LogP contribution in [0.2, 0.25) is 0 Å². The van der Waals surface area contributed by atoms with Gasteiger partial charge in [0.2, 0.25) is 0 Å². The molecule has 1 heterocycles. The minimum absolute atomic E-state index is 0.0244. The highest BCUT2D eigenvalue weighted by Gasteiger charge is 2.32. The SMILES string of the molecule is CN(C(=O)CO/N=C\c1ccc(OC(F)F)cc1)[C@H]1CCS(=O)(=O)C1. The topological polar surface area (TPSA) is 85.3 Å². The molecule has 7 nitrogen and oxygen atoms in total. The maximum atomic E-state index is 12.0. The molecule has 1 fully saturated rings. The Morgan fingerprint density at radius 2 is 2.08 bits per heavy atom. The Hall–Kier alpha value is -2.23. The maximum Gasteiger partial charge on any atom is 0.387 e. The van der Waals surface area contributed by atoms with Gasteiger partial charge < -0.3 is 14.5 Å². The highest BCUT2D eigenvalue weighted by Crippen LogP contribution is 2.16. The van der Waals surface area contributed by atoms with Crippen LogP contribution in [0, 0.1) is 0 Å². The number of hydrogen-bond acceptors (Lipinski definition) is 6. The third kappa shape index (κ3) is 5.96. The van der Waals surface area contributed by atoms with Crippen LogP contribution >= 0.6 is 0 Å². The van der Waals surface area contributed by atoms with Gasteiger partial charge in [-0.15, -0.1) is 0 Å². The molecule has 25 heavy (non-hydrogen) atoms. The number of amides is 1. The lowest BCUT2D eigenvalue weighted by atomic mass is 10.2. The van der Waals surface area contributed by atoms with Crippen LogP contribution in [0.5, 0.6) is 5.75 Å². The van der Waals surface area contributed by atoms with E-state index in [9.17, 15) is 22.0 Å². The number of likely N-dealkylation sites (N-methyl/N-ethyl adjacent to an activating group) is 1. The molecule has 1 aromatic rings. The fourth-order valence-corrected chi connectivity index (χ4v) is 4.09. The zero-order valence-electron chi connectivity index (χ0n) is 13.5. The van der Waals surface area contributed by atoms with E-state index < -0.39 is 16.4 Å². The van der Waals surface area contributed by atoms with Crippen molar-refractivity contribution < 1.29 is 31.6 Å². The predicted molar refractivity (Wildman–Crippen MR) is 86.4 cm³/mol. The first-order chi connectivity index (χ1) is 11.8. The Kier molecular flexibility index (Phi) is 6.29. The molecule has 0 saturated carbocycles. The van der Waals surface area contributed by atoms with E-state index in [1.165, 1.54) is 42.4 Å². The number of alkyl halides is 2. The first-order valence-electron chi connectivity index (χ1n) is 7.43. The second-order valence-corrected chi connectivity index (χ2v) is 7.75. The van der Waals surface area contributed by atoms with Crippen molar-refractivity contribution in [2.75, 3.05) is 25.2 Å². The third-order valence-corrected chi connectivity index (χ3v) is 5.47. The van der Waals surface area contributed by atoms with Crippen LogP contribution in [0.4, 0.5) is 8.78 Å². The number of hydrogen-bond donors (Lipinski definition) is 0. The quantitative estimate of drug-likeness (QED) is 0.529. The molecule has 1 aromatic carbocycles. The lowest BCUT2D eigenvalue weighted by Crippen LogP contribution is -2.39. The number of oxime groups is 1. The van der Waals surface area contributed by atoms with Gasteiger partial charge in [0, 0.05) is 13.1 Å². The number of carbonyl (C=O) groups is 1. The van der Waals surface area contributed by atoms with E-state index in [0.29, 0.717) is 12.0 Å². The van der Waals surface area contributed by atoms with Crippen molar-refractivity contribution in [1.29, 1.82) is 0 Å². The molecule has 10 heteroatoms. The standard InChI is InChI=1S/C15H18F2N2O5S/c1-19(12-6-7-25(21,22)10-12)14(20)9-23-18-8-11-2-4-13(5-3-11)24-15(16)17/h2-5,8,12,15H,6-7,9-10H2,1H3/b18-8-/t12-/m0/s1. The van der Waals surface area contributed by atoms with E-state index in [-0.39, 0.29) is 35.8 Å². The van der Waals surface area contributed by atoms with Crippen molar-refractivity contribution in [2.24, 2.45) is 5.16 Å². The molecule has 138 valence electrons. The van der Waals surface area contributed by atoms with Gasteiger partial charge in [-0.1, -0.05) is 5.16 Å². The fraction of sp³-hybridized carbons (Fsp3) is 0.467. The highest BCUT2D eigenvalue weighted by molar-refractivity contribution is 7.91. The second kappa shape index (κ2) is 8.24. The summed E-state index contributed by atoms with van der Waals surface area (Å²) in [5.41, 5.74) is 0.573. The number of nitrogens with zero attached hydrogens (tertiary/aromatic N) is 2. The lowest BCUT2D eigenvalue weighted by molar-refractivity contribution is -0.136. The van der Waals surface area contributed by atoms with Crippen LogP contribution in [0.1, 0.15) is 12.0 Å². The smallest absolute Gasteiger partial charge is 0.387 e. The van der Waals surface area contributed by atoms with Gasteiger partial charge in [0.1, 0.15) is 5.75 Å². The van der Waals surface area contributed by atoms with Crippen molar-refractivity contribution in [1.82, 2.24) is 4.90 Å². The monoisotopic (exact) mass is 376 g/mol. The summed E-state index contributed by atoms with van der Waals surface area (Å²) >= 11 is 0. The number of halogens is 2. The zero-order valence-corrected chi connectivity index (χ0v) is 14.3. The van der Waals surface area contributed by atoms with Crippen LogP contribution in [-0.4, -0.2) is 63.3 Å². The second-order valence-electron chi connectivity index (χ2n) is 5.52. The molecule has 2 rings (SSSR count). The molecule has 1 saturated heterocycles. The molecule has 0 spiro atoms. The van der Waals surface area contributed by atoms with Gasteiger partial charge in [-0.05, 0) is 36.2 Å². The normalized spacial score (nSPS) is 19.3. The molecule has 1 aliphatic rings. The molecule has 0 aromatic heterocycles. The molecule has 0 unspecified atom stereocenters. The third-order valence-electron chi connectivity index (χ3n) is 3.72. The Balaban J connectivity index is 1.77. The largest absolute Gasteiger partial charge is 0.435 e. The van der Waals surface area contributed by atoms with Crippen LogP contribution in [0.25, 0.3) is 0 Å². The summed E-state index contributed by atoms with van der Waals surface area (Å²) in [4.78, 5) is 18.2. The Labute approximate surface area is 144 Å². The first kappa shape index (κ1) is 19.1. The zero-order chi connectivity index (χ0) is 18.4. The summed E-state index contributed by atoms with van der Waals surface area (Å²) < 4.78 is 51.1. The van der Waals surface area contributed by atoms with Gasteiger partial charge in [-0.3, -0.25) is 4.79 Å². The van der Waals surface area contributed by atoms with E-state index in [0.717, 1.165) is 0 Å². The van der Waals surface area contributed by atoms with Gasteiger partial charge in [0.15, 0.2) is 16.4 Å². The minimum atomic E-state index is -3.07. The predicted octanol–water partition coefficient (Wildman–Crippen LogP) is 1.28. The van der Waals surface area contributed by atoms with Crippen LogP contribution in [-0.2, 0) is 19.5 Å². The Morgan fingerprint density at radius 1 is 1.40 bits per heavy atom. The molecule has 0 aliphatic carbocycles. The highest BCUT2D eigenvalue weighted by atomic mass is 32.2. The maximum absolute atomic E-state index is 12.0. The van der Waals surface area contributed by atoms with E-state index >= 15 is 0 Å². The number of sulfone groups is 1. The van der Waals surface area contributed by atoms with Crippen molar-refractivity contribution in [3.8, 4) is 5.75 Å². The summed E-state index contributed by atoms with van der Waals surface area (Å²) in [5.74, 6) is -0.304. The van der Waals surface area contributed by atoms with E-state index in [2.05, 4.69) is 9.89 Å². The van der Waals surface area contributed by atoms with Gasteiger partial charge in [-0.2, -0.15) is 8.78 Å². The number of carbonyl (C=O) groups excluding carboxylic acids is 1. The molecular formula is C15H18F2N2O5S. The molecule has 1 atom stereocenters. The fourth-order valence-electron chi connectivity index (χ4n) is 2.31. The summed E-state index contributed by atoms with van der Waals surface area (Å²) in [6.07, 6.45) is 1.74. The Bertz CT molecular complexity index is 722. The van der Waals surface area contributed by atoms with Gasteiger partial charge in [-0.25, -0.2) is 8.42 Å². The van der Waals surface area contributed by atoms with Gasteiger partial charge in [0.25, 0.3) is 5.91 Å². The summed E-state index contributed by atoms with van der Waals surface area (Å²) in [7, 11) is -1.54. The summed E-state index contributed by atoms with van der Waals surface area (Å²) in [5, 5.41) is 3.63. The number of rotatable bonds is 7. The number of ether oxygens (including phenoxy) is 1. The average Bonchev–Trinajstić information content (AvgIpc) is 2.91. The van der Waals surface area contributed by atoms with E-state index in [4.69, 9.17) is 4.84 Å². The molecular weight excluding hydrogens is 358 g/mol. The average molecular weight is 376 g/mol. The molecule has 1 amide bonds. The van der Waals surface area contributed by atoms with Crippen molar-refractivity contribution in [2.45, 2.75) is 19.1 Å². The van der Waals surface area contributed by atoms with Crippen LogP contribution < -0.4 is 4.74 Å².